The van der Waals surface area contributed by atoms with Gasteiger partial charge in [-0.15, -0.1) is 0 Å². The van der Waals surface area contributed by atoms with Gasteiger partial charge in [0.15, 0.2) is 11.5 Å². The van der Waals surface area contributed by atoms with Crippen LogP contribution in [0.25, 0.3) is 10.8 Å². The van der Waals surface area contributed by atoms with E-state index in [2.05, 4.69) is 4.99 Å². The molecule has 8 nitrogen and oxygen atoms in total. The van der Waals surface area contributed by atoms with E-state index in [9.17, 15) is 13.2 Å². The normalized spacial score (nSPS) is 19.4. The van der Waals surface area contributed by atoms with Crippen molar-refractivity contribution in [1.82, 2.24) is 4.90 Å². The van der Waals surface area contributed by atoms with Crippen LogP contribution in [0.3, 0.4) is 0 Å². The van der Waals surface area contributed by atoms with Crippen LogP contribution in [-0.2, 0) is 10.0 Å². The number of nitrogens with zero attached hydrogens (tertiary/aromatic N) is 3. The van der Waals surface area contributed by atoms with Crippen LogP contribution >= 0.6 is 0 Å². The third kappa shape index (κ3) is 3.61. The van der Waals surface area contributed by atoms with E-state index in [0.717, 1.165) is 35.8 Å². The van der Waals surface area contributed by atoms with Crippen molar-refractivity contribution in [3.8, 4) is 11.5 Å². The van der Waals surface area contributed by atoms with Crippen molar-refractivity contribution >= 4 is 44.3 Å². The quantitative estimate of drug-likeness (QED) is 0.440. The van der Waals surface area contributed by atoms with Crippen LogP contribution in [0.4, 0.5) is 11.4 Å². The molecule has 3 aromatic rings. The molecule has 0 N–H and O–H groups in total. The first-order valence-electron chi connectivity index (χ1n) is 12.2. The summed E-state index contributed by atoms with van der Waals surface area (Å²) in [5, 5.41) is 1.72. The second-order valence-corrected chi connectivity index (χ2v) is 11.1. The molecule has 0 saturated carbocycles. The lowest BCUT2D eigenvalue weighted by atomic mass is 10.1. The van der Waals surface area contributed by atoms with Gasteiger partial charge in [0.05, 0.1) is 41.6 Å². The number of fused-ring (bicyclic) bond motifs is 2. The average Bonchev–Trinajstić information content (AvgIpc) is 3.41. The van der Waals surface area contributed by atoms with Crippen molar-refractivity contribution in [2.45, 2.75) is 36.6 Å². The molecule has 186 valence electrons. The Hall–Kier alpha value is -3.59. The summed E-state index contributed by atoms with van der Waals surface area (Å²) in [6.07, 6.45) is 5.04. The molecule has 3 aliphatic rings. The summed E-state index contributed by atoms with van der Waals surface area (Å²) < 4.78 is 39.3. The van der Waals surface area contributed by atoms with Crippen molar-refractivity contribution < 1.29 is 22.7 Å². The van der Waals surface area contributed by atoms with E-state index in [0.29, 0.717) is 53.6 Å². The molecule has 0 aromatic heterocycles. The topological polar surface area (TPSA) is 88.5 Å². The fourth-order valence-corrected chi connectivity index (χ4v) is 7.11. The number of sulfonamides is 1. The smallest absolute Gasteiger partial charge is 0.265 e. The number of rotatable bonds is 7. The minimum Gasteiger partial charge on any atom is -0.493 e. The van der Waals surface area contributed by atoms with Gasteiger partial charge in [0.25, 0.3) is 15.9 Å². The van der Waals surface area contributed by atoms with Crippen LogP contribution in [0.5, 0.6) is 11.5 Å². The van der Waals surface area contributed by atoms with Gasteiger partial charge in [0.2, 0.25) is 0 Å². The van der Waals surface area contributed by atoms with Gasteiger partial charge in [-0.25, -0.2) is 8.42 Å². The van der Waals surface area contributed by atoms with Crippen molar-refractivity contribution in [2.75, 3.05) is 31.1 Å². The lowest BCUT2D eigenvalue weighted by Crippen LogP contribution is -2.35. The summed E-state index contributed by atoms with van der Waals surface area (Å²) >= 11 is 0. The highest BCUT2D eigenvalue weighted by Gasteiger charge is 2.35. The Bertz CT molecular complexity index is 1500. The number of amides is 1. The third-order valence-electron chi connectivity index (χ3n) is 7.15. The number of carbonyl (C=O) groups is 1. The van der Waals surface area contributed by atoms with Crippen LogP contribution < -0.4 is 13.8 Å². The molecule has 0 aliphatic carbocycles. The number of anilines is 1. The molecule has 9 heteroatoms. The molecule has 3 aliphatic heterocycles. The Morgan fingerprint density at radius 2 is 1.92 bits per heavy atom. The summed E-state index contributed by atoms with van der Waals surface area (Å²) in [7, 11) is -2.00. The van der Waals surface area contributed by atoms with E-state index >= 15 is 0 Å². The van der Waals surface area contributed by atoms with Gasteiger partial charge in [0.1, 0.15) is 0 Å². The molecule has 36 heavy (non-hydrogen) atoms. The molecule has 3 aromatic carbocycles. The number of ether oxygens (including phenoxy) is 2. The Kier molecular flexibility index (Phi) is 5.59. The van der Waals surface area contributed by atoms with Gasteiger partial charge in [-0.1, -0.05) is 24.3 Å². The van der Waals surface area contributed by atoms with Gasteiger partial charge in [-0.2, -0.15) is 0 Å². The molecule has 0 spiro atoms. The van der Waals surface area contributed by atoms with Crippen LogP contribution in [-0.4, -0.2) is 58.3 Å². The Morgan fingerprint density at radius 1 is 1.08 bits per heavy atom. The number of aliphatic imine (C=N–C) groups is 1. The van der Waals surface area contributed by atoms with Crippen LogP contribution in [0.1, 0.15) is 36.0 Å². The molecule has 1 saturated heterocycles. The lowest BCUT2D eigenvalue weighted by molar-refractivity contribution is 0.0774. The van der Waals surface area contributed by atoms with Gasteiger partial charge in [-0.3, -0.25) is 14.1 Å². The zero-order chi connectivity index (χ0) is 24.9. The molecule has 0 bridgehead atoms. The average molecular weight is 506 g/mol. The van der Waals surface area contributed by atoms with Gasteiger partial charge in [0, 0.05) is 30.8 Å². The number of unbranched alkanes of at least 4 members (excludes halogenated alkanes) is 1. The Balaban J connectivity index is 1.13. The molecular weight excluding hydrogens is 478 g/mol. The summed E-state index contributed by atoms with van der Waals surface area (Å²) in [5.41, 5.74) is 1.84. The van der Waals surface area contributed by atoms with Crippen molar-refractivity contribution in [2.24, 2.45) is 4.99 Å². The van der Waals surface area contributed by atoms with E-state index in [1.165, 1.54) is 4.31 Å². The molecule has 1 amide bonds. The fourth-order valence-electron chi connectivity index (χ4n) is 5.36. The van der Waals surface area contributed by atoms with Crippen molar-refractivity contribution in [3.05, 3.63) is 54.1 Å². The van der Waals surface area contributed by atoms with E-state index in [1.54, 1.807) is 31.4 Å². The fraction of sp³-hybridized carbons (Fsp3) is 0.333. The number of hydrogen-bond donors (Lipinski definition) is 0. The zero-order valence-corrected chi connectivity index (χ0v) is 20.8. The Labute approximate surface area is 210 Å². The monoisotopic (exact) mass is 505 g/mol. The summed E-state index contributed by atoms with van der Waals surface area (Å²) in [6, 6.07) is 14.6. The summed E-state index contributed by atoms with van der Waals surface area (Å²) in [6.45, 7) is 1.49. The highest BCUT2D eigenvalue weighted by atomic mass is 32.2. The Morgan fingerprint density at radius 3 is 2.75 bits per heavy atom. The number of methoxy groups -OCH3 is 1. The second kappa shape index (κ2) is 8.81. The summed E-state index contributed by atoms with van der Waals surface area (Å²) in [4.78, 5) is 19.8. The molecule has 1 atom stereocenters. The molecule has 0 radical (unpaired) electrons. The molecule has 1 fully saturated rings. The second-order valence-electron chi connectivity index (χ2n) is 9.27. The van der Waals surface area contributed by atoms with E-state index < -0.39 is 10.0 Å². The van der Waals surface area contributed by atoms with Crippen molar-refractivity contribution in [3.63, 3.8) is 0 Å². The van der Waals surface area contributed by atoms with Gasteiger partial charge in [-0.05, 0) is 49.3 Å². The van der Waals surface area contributed by atoms with Crippen molar-refractivity contribution in [1.29, 1.82) is 0 Å². The van der Waals surface area contributed by atoms with Gasteiger partial charge >= 0.3 is 0 Å². The first-order chi connectivity index (χ1) is 17.5. The number of carbonyl (C=O) groups excluding carboxylic acids is 1. The predicted octanol–water partition coefficient (Wildman–Crippen LogP) is 4.54. The van der Waals surface area contributed by atoms with E-state index in [1.807, 2.05) is 35.4 Å². The van der Waals surface area contributed by atoms with Crippen LogP contribution in [0.15, 0.2) is 58.4 Å². The SMILES string of the molecule is COc1cc2c(cc1OCCCCN1c3cccc4cccc(c34)S1(=O)=O)N=C[C@@H]1CCCN1C2=O. The maximum atomic E-state index is 13.1. The number of benzene rings is 3. The highest BCUT2D eigenvalue weighted by Crippen LogP contribution is 2.42. The molecule has 6 rings (SSSR count). The van der Waals surface area contributed by atoms with E-state index in [-0.39, 0.29) is 11.9 Å². The summed E-state index contributed by atoms with van der Waals surface area (Å²) in [5.74, 6) is 0.978. The third-order valence-corrected chi connectivity index (χ3v) is 9.01. The maximum Gasteiger partial charge on any atom is 0.265 e. The first kappa shape index (κ1) is 22.8. The van der Waals surface area contributed by atoms with Crippen LogP contribution in [0, 0.1) is 0 Å². The minimum atomic E-state index is -3.55. The van der Waals surface area contributed by atoms with Crippen LogP contribution in [0.2, 0.25) is 0 Å². The molecule has 0 unspecified atom stereocenters. The minimum absolute atomic E-state index is 0.0299. The van der Waals surface area contributed by atoms with Gasteiger partial charge < -0.3 is 14.4 Å². The largest absolute Gasteiger partial charge is 0.493 e. The standard InChI is InChI=1S/C27H27N3O5S/c1-34-23-15-20-21(28-17-19-9-6-12-29(19)27(20)31)16-24(23)35-14-3-2-13-30-22-10-4-7-18-8-5-11-25(26(18)22)36(30,32)33/h4-5,7-8,10-11,15-17,19H,2-3,6,9,12-14H2,1H3/t19-/m0/s1. The maximum absolute atomic E-state index is 13.1. The number of hydrogen-bond acceptors (Lipinski definition) is 6. The lowest BCUT2D eigenvalue weighted by Gasteiger charge is -2.20. The molecule has 3 heterocycles. The van der Waals surface area contributed by atoms with E-state index in [4.69, 9.17) is 9.47 Å². The molecular formula is C27H27N3O5S. The highest BCUT2D eigenvalue weighted by molar-refractivity contribution is 7.93. The predicted molar refractivity (Wildman–Crippen MR) is 138 cm³/mol. The first-order valence-corrected chi connectivity index (χ1v) is 13.7. The zero-order valence-electron chi connectivity index (χ0n) is 20.0.